The van der Waals surface area contributed by atoms with Crippen molar-refractivity contribution in [1.29, 1.82) is 0 Å². The van der Waals surface area contributed by atoms with Gasteiger partial charge in [0.1, 0.15) is 0 Å². The summed E-state index contributed by atoms with van der Waals surface area (Å²) in [5.41, 5.74) is 2.70. The van der Waals surface area contributed by atoms with E-state index in [1.54, 1.807) is 7.11 Å². The van der Waals surface area contributed by atoms with Gasteiger partial charge < -0.3 is 9.64 Å². The SMILES string of the molecule is COCCN(CCCl)C(=O)C1CCc2ccccc2C1. The topological polar surface area (TPSA) is 29.5 Å². The minimum absolute atomic E-state index is 0.0879. The van der Waals surface area contributed by atoms with Gasteiger partial charge in [0, 0.05) is 32.0 Å². The average molecular weight is 296 g/mol. The molecule has 1 aromatic carbocycles. The predicted octanol–water partition coefficient (Wildman–Crippen LogP) is 2.51. The smallest absolute Gasteiger partial charge is 0.226 e. The van der Waals surface area contributed by atoms with Crippen LogP contribution in [-0.4, -0.2) is 43.5 Å². The maximum atomic E-state index is 12.6. The molecule has 0 saturated carbocycles. The third-order valence-electron chi connectivity index (χ3n) is 3.93. The van der Waals surface area contributed by atoms with Crippen LogP contribution in [0.3, 0.4) is 0 Å². The predicted molar refractivity (Wildman–Crippen MR) is 81.1 cm³/mol. The molecule has 3 nitrogen and oxygen atoms in total. The summed E-state index contributed by atoms with van der Waals surface area (Å²) in [6.45, 7) is 1.79. The Morgan fingerprint density at radius 1 is 1.35 bits per heavy atom. The molecule has 0 aliphatic heterocycles. The summed E-state index contributed by atoms with van der Waals surface area (Å²) in [6.07, 6.45) is 2.77. The second-order valence-corrected chi connectivity index (χ2v) is 5.59. The van der Waals surface area contributed by atoms with Crippen molar-refractivity contribution in [1.82, 2.24) is 4.90 Å². The maximum absolute atomic E-state index is 12.6. The van der Waals surface area contributed by atoms with E-state index in [1.807, 2.05) is 11.0 Å². The summed E-state index contributed by atoms with van der Waals surface area (Å²) in [7, 11) is 1.65. The molecule has 0 spiro atoms. The van der Waals surface area contributed by atoms with Crippen LogP contribution < -0.4 is 0 Å². The van der Waals surface area contributed by atoms with Crippen LogP contribution in [0.2, 0.25) is 0 Å². The molecule has 1 amide bonds. The summed E-state index contributed by atoms with van der Waals surface area (Å²) >= 11 is 5.80. The first kappa shape index (κ1) is 15.3. The van der Waals surface area contributed by atoms with Crippen LogP contribution in [-0.2, 0) is 22.4 Å². The van der Waals surface area contributed by atoms with Crippen LogP contribution in [0.15, 0.2) is 24.3 Å². The largest absolute Gasteiger partial charge is 0.383 e. The first-order chi connectivity index (χ1) is 9.76. The highest BCUT2D eigenvalue weighted by Crippen LogP contribution is 2.26. The highest BCUT2D eigenvalue weighted by atomic mass is 35.5. The van der Waals surface area contributed by atoms with Crippen molar-refractivity contribution < 1.29 is 9.53 Å². The zero-order chi connectivity index (χ0) is 14.4. The van der Waals surface area contributed by atoms with Crippen molar-refractivity contribution in [3.05, 3.63) is 35.4 Å². The Morgan fingerprint density at radius 3 is 2.80 bits per heavy atom. The minimum Gasteiger partial charge on any atom is -0.383 e. The van der Waals surface area contributed by atoms with Gasteiger partial charge in [-0.3, -0.25) is 4.79 Å². The fourth-order valence-corrected chi connectivity index (χ4v) is 3.01. The Hall–Kier alpha value is -1.06. The van der Waals surface area contributed by atoms with Gasteiger partial charge in [-0.05, 0) is 30.4 Å². The molecule has 0 radical (unpaired) electrons. The number of carbonyl (C=O) groups is 1. The van der Waals surface area contributed by atoms with Crippen LogP contribution >= 0.6 is 11.6 Å². The monoisotopic (exact) mass is 295 g/mol. The molecular formula is C16H22ClNO2. The quantitative estimate of drug-likeness (QED) is 0.755. The van der Waals surface area contributed by atoms with E-state index in [0.717, 1.165) is 19.3 Å². The van der Waals surface area contributed by atoms with Gasteiger partial charge in [0.2, 0.25) is 5.91 Å². The molecule has 1 aliphatic rings. The Balaban J connectivity index is 2.01. The lowest BCUT2D eigenvalue weighted by atomic mass is 9.83. The highest BCUT2D eigenvalue weighted by Gasteiger charge is 2.27. The number of rotatable bonds is 6. The maximum Gasteiger partial charge on any atom is 0.226 e. The normalized spacial score (nSPS) is 17.6. The van der Waals surface area contributed by atoms with Crippen LogP contribution in [0.5, 0.6) is 0 Å². The Labute approximate surface area is 125 Å². The van der Waals surface area contributed by atoms with Gasteiger partial charge in [-0.2, -0.15) is 0 Å². The third kappa shape index (κ3) is 3.74. The summed E-state index contributed by atoms with van der Waals surface area (Å²) in [4.78, 5) is 14.5. The van der Waals surface area contributed by atoms with Gasteiger partial charge in [-0.15, -0.1) is 11.6 Å². The zero-order valence-corrected chi connectivity index (χ0v) is 12.7. The molecule has 1 atom stereocenters. The van der Waals surface area contributed by atoms with Crippen LogP contribution in [0.1, 0.15) is 17.5 Å². The number of hydrogen-bond donors (Lipinski definition) is 0. The summed E-state index contributed by atoms with van der Waals surface area (Å²) in [5, 5.41) is 0. The molecule has 0 fully saturated rings. The number of benzene rings is 1. The van der Waals surface area contributed by atoms with E-state index in [4.69, 9.17) is 16.3 Å². The lowest BCUT2D eigenvalue weighted by Gasteiger charge is -2.29. The zero-order valence-electron chi connectivity index (χ0n) is 12.0. The van der Waals surface area contributed by atoms with Crippen molar-refractivity contribution in [3.63, 3.8) is 0 Å². The Morgan fingerprint density at radius 2 is 2.10 bits per heavy atom. The number of carbonyl (C=O) groups excluding carboxylic acids is 1. The van der Waals surface area contributed by atoms with E-state index >= 15 is 0 Å². The number of fused-ring (bicyclic) bond motifs is 1. The van der Waals surface area contributed by atoms with E-state index in [1.165, 1.54) is 11.1 Å². The van der Waals surface area contributed by atoms with Crippen molar-refractivity contribution in [3.8, 4) is 0 Å². The highest BCUT2D eigenvalue weighted by molar-refractivity contribution is 6.18. The molecule has 0 saturated heterocycles. The molecule has 2 rings (SSSR count). The molecule has 0 aromatic heterocycles. The van der Waals surface area contributed by atoms with Gasteiger partial charge in [0.15, 0.2) is 0 Å². The van der Waals surface area contributed by atoms with E-state index in [0.29, 0.717) is 25.6 Å². The summed E-state index contributed by atoms with van der Waals surface area (Å²) in [6, 6.07) is 8.42. The molecule has 1 aromatic rings. The number of aryl methyl sites for hydroxylation is 1. The number of halogens is 1. The third-order valence-corrected chi connectivity index (χ3v) is 4.10. The Kier molecular flexibility index (Phi) is 5.86. The summed E-state index contributed by atoms with van der Waals surface area (Å²) < 4.78 is 5.08. The van der Waals surface area contributed by atoms with E-state index in [9.17, 15) is 4.79 Å². The van der Waals surface area contributed by atoms with Gasteiger partial charge in [-0.25, -0.2) is 0 Å². The molecule has 1 unspecified atom stereocenters. The van der Waals surface area contributed by atoms with Gasteiger partial charge in [0.25, 0.3) is 0 Å². The lowest BCUT2D eigenvalue weighted by molar-refractivity contribution is -0.136. The summed E-state index contributed by atoms with van der Waals surface area (Å²) in [5.74, 6) is 0.779. The second-order valence-electron chi connectivity index (χ2n) is 5.22. The van der Waals surface area contributed by atoms with Crippen LogP contribution in [0.25, 0.3) is 0 Å². The first-order valence-electron chi connectivity index (χ1n) is 7.16. The van der Waals surface area contributed by atoms with Crippen molar-refractivity contribution in [2.45, 2.75) is 19.3 Å². The molecule has 0 N–H and O–H groups in total. The molecule has 0 bridgehead atoms. The molecule has 110 valence electrons. The van der Waals surface area contributed by atoms with Crippen molar-refractivity contribution in [2.75, 3.05) is 32.7 Å². The molecule has 1 aliphatic carbocycles. The fraction of sp³-hybridized carbons (Fsp3) is 0.562. The number of nitrogens with zero attached hydrogens (tertiary/aromatic N) is 1. The van der Waals surface area contributed by atoms with Crippen molar-refractivity contribution in [2.24, 2.45) is 5.92 Å². The Bertz CT molecular complexity index is 450. The molecule has 20 heavy (non-hydrogen) atoms. The second kappa shape index (κ2) is 7.65. The number of methoxy groups -OCH3 is 1. The number of alkyl halides is 1. The average Bonchev–Trinajstić information content (AvgIpc) is 2.50. The molecular weight excluding hydrogens is 274 g/mol. The van der Waals surface area contributed by atoms with Gasteiger partial charge in [-0.1, -0.05) is 24.3 Å². The van der Waals surface area contributed by atoms with Crippen LogP contribution in [0.4, 0.5) is 0 Å². The first-order valence-corrected chi connectivity index (χ1v) is 7.70. The van der Waals surface area contributed by atoms with Gasteiger partial charge in [0.05, 0.1) is 6.61 Å². The van der Waals surface area contributed by atoms with E-state index < -0.39 is 0 Å². The number of hydrogen-bond acceptors (Lipinski definition) is 2. The van der Waals surface area contributed by atoms with Crippen molar-refractivity contribution >= 4 is 17.5 Å². The number of ether oxygens (including phenoxy) is 1. The minimum atomic E-state index is 0.0879. The van der Waals surface area contributed by atoms with Gasteiger partial charge >= 0.3 is 0 Å². The standard InChI is InChI=1S/C16H22ClNO2/c1-20-11-10-18(9-8-17)16(19)15-7-6-13-4-2-3-5-14(13)12-15/h2-5,15H,6-12H2,1H3. The fourth-order valence-electron chi connectivity index (χ4n) is 2.80. The van der Waals surface area contributed by atoms with E-state index in [-0.39, 0.29) is 11.8 Å². The molecule has 0 heterocycles. The number of amides is 1. The molecule has 4 heteroatoms. The van der Waals surface area contributed by atoms with Crippen LogP contribution in [0, 0.1) is 5.92 Å². The van der Waals surface area contributed by atoms with E-state index in [2.05, 4.69) is 18.2 Å². The lowest BCUT2D eigenvalue weighted by Crippen LogP contribution is -2.41.